The molecule has 0 aliphatic heterocycles. The molecule has 0 saturated carbocycles. The number of nitrogens with two attached hydrogens (primary N) is 2. The smallest absolute Gasteiger partial charge is 0.191 e. The third-order valence-corrected chi connectivity index (χ3v) is 3.90. The minimum Gasteiger partial charge on any atom is -0.394 e. The van der Waals surface area contributed by atoms with Crippen LogP contribution in [0.15, 0.2) is 23.4 Å². The van der Waals surface area contributed by atoms with Crippen LogP contribution in [0.4, 0.5) is 26.1 Å². The fourth-order valence-corrected chi connectivity index (χ4v) is 2.55. The lowest BCUT2D eigenvalue weighted by Gasteiger charge is -2.15. The number of halogens is 2. The molecule has 1 aromatic heterocycles. The molecular weight excluding hydrogens is 324 g/mol. The molecule has 1 atom stereocenters. The second-order valence-corrected chi connectivity index (χ2v) is 5.83. The first kappa shape index (κ1) is 17.2. The van der Waals surface area contributed by atoms with Crippen LogP contribution >= 0.6 is 11.8 Å². The Labute approximate surface area is 136 Å². The van der Waals surface area contributed by atoms with Crippen LogP contribution in [0.3, 0.4) is 0 Å². The number of nitrogen functional groups attached to an aromatic ring is 2. The molecule has 0 fully saturated rings. The molecule has 23 heavy (non-hydrogen) atoms. The number of aliphatic hydroxyl groups excluding tert-OH is 1. The number of aromatic nitrogens is 2. The van der Waals surface area contributed by atoms with Crippen molar-refractivity contribution in [1.82, 2.24) is 9.97 Å². The molecule has 0 saturated heterocycles. The number of hydrogen-bond acceptors (Lipinski definition) is 7. The molecule has 124 valence electrons. The Morgan fingerprint density at radius 2 is 2.04 bits per heavy atom. The van der Waals surface area contributed by atoms with Crippen LogP contribution in [-0.4, -0.2) is 27.7 Å². The Bertz CT molecular complexity index is 701. The highest BCUT2D eigenvalue weighted by atomic mass is 32.2. The van der Waals surface area contributed by atoms with Crippen molar-refractivity contribution in [2.75, 3.05) is 23.4 Å². The predicted octanol–water partition coefficient (Wildman–Crippen LogP) is 2.00. The number of aliphatic hydroxyl groups is 1. The van der Waals surface area contributed by atoms with Gasteiger partial charge in [0, 0.05) is 17.4 Å². The van der Waals surface area contributed by atoms with Crippen LogP contribution in [0, 0.1) is 11.6 Å². The number of rotatable bonds is 6. The van der Waals surface area contributed by atoms with Crippen molar-refractivity contribution in [3.63, 3.8) is 0 Å². The van der Waals surface area contributed by atoms with Crippen molar-refractivity contribution in [3.8, 4) is 0 Å². The van der Waals surface area contributed by atoms with E-state index in [2.05, 4.69) is 15.3 Å². The van der Waals surface area contributed by atoms with Gasteiger partial charge in [-0.1, -0.05) is 23.9 Å². The lowest BCUT2D eigenvalue weighted by Crippen LogP contribution is -2.21. The largest absolute Gasteiger partial charge is 0.394 e. The summed E-state index contributed by atoms with van der Waals surface area (Å²) in [5, 5.41) is 12.3. The summed E-state index contributed by atoms with van der Waals surface area (Å²) < 4.78 is 26.8. The van der Waals surface area contributed by atoms with Gasteiger partial charge in [0.1, 0.15) is 5.69 Å². The normalized spacial score (nSPS) is 12.2. The van der Waals surface area contributed by atoms with E-state index in [4.69, 9.17) is 16.6 Å². The molecule has 0 bridgehead atoms. The second kappa shape index (κ2) is 7.42. The van der Waals surface area contributed by atoms with Crippen molar-refractivity contribution < 1.29 is 13.9 Å². The Kier molecular flexibility index (Phi) is 5.56. The van der Waals surface area contributed by atoms with Crippen LogP contribution in [0.2, 0.25) is 0 Å². The van der Waals surface area contributed by atoms with Crippen LogP contribution < -0.4 is 16.8 Å². The third-order valence-electron chi connectivity index (χ3n) is 3.00. The molecule has 0 unspecified atom stereocenters. The van der Waals surface area contributed by atoms with Gasteiger partial charge in [-0.3, -0.25) is 0 Å². The number of nitrogens with zero attached hydrogens (tertiary/aromatic N) is 2. The molecule has 2 aromatic rings. The van der Waals surface area contributed by atoms with Gasteiger partial charge in [-0.25, -0.2) is 18.7 Å². The molecule has 0 aliphatic carbocycles. The summed E-state index contributed by atoms with van der Waals surface area (Å²) in [6, 6.07) is 3.70. The molecule has 6 nitrogen and oxygen atoms in total. The average molecular weight is 341 g/mol. The van der Waals surface area contributed by atoms with E-state index in [0.717, 1.165) is 17.8 Å². The Morgan fingerprint density at radius 3 is 2.74 bits per heavy atom. The van der Waals surface area contributed by atoms with E-state index in [1.807, 2.05) is 0 Å². The van der Waals surface area contributed by atoms with E-state index < -0.39 is 11.6 Å². The Morgan fingerprint density at radius 1 is 1.30 bits per heavy atom. The third kappa shape index (κ3) is 4.20. The standard InChI is InChI=1S/C14H17F2N5OS/c1-7(5-22)19-13-11(17)12(18)20-14(21-13)23-6-8-3-2-4-9(15)10(8)16/h2-4,7,22H,5-6,17H2,1H3,(H3,18,19,20,21)/t7-/m1/s1. The highest BCUT2D eigenvalue weighted by molar-refractivity contribution is 7.98. The van der Waals surface area contributed by atoms with E-state index in [1.54, 1.807) is 6.92 Å². The highest BCUT2D eigenvalue weighted by Gasteiger charge is 2.14. The Balaban J connectivity index is 2.18. The van der Waals surface area contributed by atoms with Crippen molar-refractivity contribution >= 4 is 29.1 Å². The molecule has 0 aliphatic rings. The molecule has 9 heteroatoms. The van der Waals surface area contributed by atoms with Gasteiger partial charge in [-0.05, 0) is 13.0 Å². The zero-order valence-corrected chi connectivity index (χ0v) is 13.2. The molecule has 1 aromatic carbocycles. The molecule has 0 radical (unpaired) electrons. The van der Waals surface area contributed by atoms with E-state index >= 15 is 0 Å². The number of hydrogen-bond donors (Lipinski definition) is 4. The quantitative estimate of drug-likeness (QED) is 0.470. The SMILES string of the molecule is C[C@H](CO)Nc1nc(SCc2cccc(F)c2F)nc(N)c1N. The van der Waals surface area contributed by atoms with Gasteiger partial charge in [-0.15, -0.1) is 0 Å². The maximum absolute atomic E-state index is 13.6. The summed E-state index contributed by atoms with van der Waals surface area (Å²) in [5.41, 5.74) is 11.9. The van der Waals surface area contributed by atoms with Gasteiger partial charge in [0.2, 0.25) is 0 Å². The number of benzene rings is 1. The van der Waals surface area contributed by atoms with Crippen molar-refractivity contribution in [3.05, 3.63) is 35.4 Å². The van der Waals surface area contributed by atoms with Gasteiger partial charge >= 0.3 is 0 Å². The summed E-state index contributed by atoms with van der Waals surface area (Å²) in [6.07, 6.45) is 0. The molecule has 0 amide bonds. The van der Waals surface area contributed by atoms with Crippen molar-refractivity contribution in [2.24, 2.45) is 0 Å². The highest BCUT2D eigenvalue weighted by Crippen LogP contribution is 2.28. The van der Waals surface area contributed by atoms with E-state index in [-0.39, 0.29) is 40.6 Å². The first-order chi connectivity index (χ1) is 10.9. The van der Waals surface area contributed by atoms with Gasteiger partial charge in [-0.2, -0.15) is 0 Å². The minimum atomic E-state index is -0.903. The lowest BCUT2D eigenvalue weighted by molar-refractivity contribution is 0.281. The number of anilines is 3. The van der Waals surface area contributed by atoms with Gasteiger partial charge in [0.05, 0.1) is 6.61 Å². The fourth-order valence-electron chi connectivity index (χ4n) is 1.72. The lowest BCUT2D eigenvalue weighted by atomic mass is 10.2. The molecule has 0 spiro atoms. The van der Waals surface area contributed by atoms with Crippen molar-refractivity contribution in [1.29, 1.82) is 0 Å². The summed E-state index contributed by atoms with van der Waals surface area (Å²) in [5.74, 6) is -1.28. The first-order valence-corrected chi connectivity index (χ1v) is 7.77. The predicted molar refractivity (Wildman–Crippen MR) is 86.9 cm³/mol. The maximum Gasteiger partial charge on any atom is 0.191 e. The summed E-state index contributed by atoms with van der Waals surface area (Å²) >= 11 is 1.10. The maximum atomic E-state index is 13.6. The van der Waals surface area contributed by atoms with Gasteiger partial charge in [0.15, 0.2) is 28.4 Å². The fraction of sp³-hybridized carbons (Fsp3) is 0.286. The second-order valence-electron chi connectivity index (χ2n) is 4.88. The van der Waals surface area contributed by atoms with Gasteiger partial charge < -0.3 is 21.9 Å². The average Bonchev–Trinajstić information content (AvgIpc) is 2.53. The van der Waals surface area contributed by atoms with E-state index in [9.17, 15) is 8.78 Å². The zero-order valence-electron chi connectivity index (χ0n) is 12.4. The molecule has 2 rings (SSSR count). The molecular formula is C14H17F2N5OS. The number of thioether (sulfide) groups is 1. The Hall–Kier alpha value is -2.13. The van der Waals surface area contributed by atoms with Crippen molar-refractivity contribution in [2.45, 2.75) is 23.9 Å². The van der Waals surface area contributed by atoms with E-state index in [0.29, 0.717) is 5.82 Å². The summed E-state index contributed by atoms with van der Waals surface area (Å²) in [6.45, 7) is 1.63. The first-order valence-electron chi connectivity index (χ1n) is 6.78. The van der Waals surface area contributed by atoms with E-state index in [1.165, 1.54) is 12.1 Å². The van der Waals surface area contributed by atoms with Crippen LogP contribution in [0.1, 0.15) is 12.5 Å². The monoisotopic (exact) mass is 341 g/mol. The molecule has 6 N–H and O–H groups in total. The number of nitrogens with one attached hydrogen (secondary N) is 1. The minimum absolute atomic E-state index is 0.0786. The van der Waals surface area contributed by atoms with Crippen LogP contribution in [0.5, 0.6) is 0 Å². The summed E-state index contributed by atoms with van der Waals surface area (Å²) in [7, 11) is 0. The van der Waals surface area contributed by atoms with Crippen LogP contribution in [0.25, 0.3) is 0 Å². The van der Waals surface area contributed by atoms with Gasteiger partial charge in [0.25, 0.3) is 0 Å². The molecule has 1 heterocycles. The van der Waals surface area contributed by atoms with Crippen LogP contribution in [-0.2, 0) is 5.75 Å². The summed E-state index contributed by atoms with van der Waals surface area (Å²) in [4.78, 5) is 8.22. The topological polar surface area (TPSA) is 110 Å². The zero-order chi connectivity index (χ0) is 17.0.